The lowest BCUT2D eigenvalue weighted by Gasteiger charge is -2.24. The first-order valence-electron chi connectivity index (χ1n) is 12.1. The zero-order valence-electron chi connectivity index (χ0n) is 19.4. The molecule has 0 saturated heterocycles. The summed E-state index contributed by atoms with van der Waals surface area (Å²) in [6.07, 6.45) is 9.34. The number of para-hydroxylation sites is 1. The molecule has 0 spiro atoms. The fourth-order valence-corrected chi connectivity index (χ4v) is 4.49. The van der Waals surface area contributed by atoms with Crippen molar-refractivity contribution in [3.05, 3.63) is 64.6 Å². The molecule has 0 unspecified atom stereocenters. The molecule has 4 heteroatoms. The summed E-state index contributed by atoms with van der Waals surface area (Å²) in [6.45, 7) is 6.10. The molecular weight excluding hydrogens is 460 g/mol. The zero-order valence-corrected chi connectivity index (χ0v) is 21.0. The SMILES string of the molecule is CCCCCCN(CCCCCC)C(=O)c1cc(-c2cccc(Br)c2)nc2ccccc12. The highest BCUT2D eigenvalue weighted by Gasteiger charge is 2.20. The van der Waals surface area contributed by atoms with Gasteiger partial charge < -0.3 is 4.90 Å². The quantitative estimate of drug-likeness (QED) is 0.237. The zero-order chi connectivity index (χ0) is 22.8. The summed E-state index contributed by atoms with van der Waals surface area (Å²) >= 11 is 3.56. The molecule has 0 bridgehead atoms. The topological polar surface area (TPSA) is 33.2 Å². The van der Waals surface area contributed by atoms with E-state index in [-0.39, 0.29) is 5.91 Å². The molecule has 2 aromatic carbocycles. The van der Waals surface area contributed by atoms with Crippen molar-refractivity contribution in [1.82, 2.24) is 9.88 Å². The average molecular weight is 496 g/mol. The number of carbonyl (C=O) groups excluding carboxylic acids is 1. The number of unbranched alkanes of at least 4 members (excludes halogenated alkanes) is 6. The number of hydrogen-bond donors (Lipinski definition) is 0. The Kier molecular flexibility index (Phi) is 9.73. The normalized spacial score (nSPS) is 11.1. The lowest BCUT2D eigenvalue weighted by Crippen LogP contribution is -2.33. The molecule has 0 aliphatic rings. The van der Waals surface area contributed by atoms with E-state index in [0.29, 0.717) is 0 Å². The van der Waals surface area contributed by atoms with E-state index >= 15 is 0 Å². The van der Waals surface area contributed by atoms with Crippen molar-refractivity contribution in [3.63, 3.8) is 0 Å². The third-order valence-electron chi connectivity index (χ3n) is 5.92. The highest BCUT2D eigenvalue weighted by Crippen LogP contribution is 2.28. The highest BCUT2D eigenvalue weighted by atomic mass is 79.9. The molecule has 1 amide bonds. The number of aromatic nitrogens is 1. The Morgan fingerprint density at radius 1 is 0.844 bits per heavy atom. The molecule has 3 nitrogen and oxygen atoms in total. The smallest absolute Gasteiger partial charge is 0.254 e. The van der Waals surface area contributed by atoms with Gasteiger partial charge >= 0.3 is 0 Å². The maximum absolute atomic E-state index is 13.8. The van der Waals surface area contributed by atoms with Gasteiger partial charge in [-0.05, 0) is 37.1 Å². The first kappa shape index (κ1) is 24.4. The van der Waals surface area contributed by atoms with Crippen LogP contribution in [-0.2, 0) is 0 Å². The summed E-state index contributed by atoms with van der Waals surface area (Å²) in [6, 6.07) is 18.1. The van der Waals surface area contributed by atoms with Crippen LogP contribution in [0.1, 0.15) is 75.6 Å². The van der Waals surface area contributed by atoms with Gasteiger partial charge in [-0.1, -0.05) is 98.6 Å². The van der Waals surface area contributed by atoms with Crippen LogP contribution in [0.5, 0.6) is 0 Å². The van der Waals surface area contributed by atoms with Crippen LogP contribution in [0.25, 0.3) is 22.2 Å². The van der Waals surface area contributed by atoms with Gasteiger partial charge in [0.15, 0.2) is 0 Å². The minimum Gasteiger partial charge on any atom is -0.339 e. The van der Waals surface area contributed by atoms with Crippen molar-refractivity contribution < 1.29 is 4.79 Å². The second-order valence-electron chi connectivity index (χ2n) is 8.50. The number of benzene rings is 2. The number of carbonyl (C=O) groups is 1. The van der Waals surface area contributed by atoms with Crippen molar-refractivity contribution in [3.8, 4) is 11.3 Å². The Hall–Kier alpha value is -2.20. The first-order valence-corrected chi connectivity index (χ1v) is 12.9. The number of pyridine rings is 1. The summed E-state index contributed by atoms with van der Waals surface area (Å²) in [4.78, 5) is 20.8. The van der Waals surface area contributed by atoms with Crippen LogP contribution < -0.4 is 0 Å². The largest absolute Gasteiger partial charge is 0.339 e. The number of halogens is 1. The molecule has 0 N–H and O–H groups in total. The Balaban J connectivity index is 1.94. The van der Waals surface area contributed by atoms with Gasteiger partial charge in [-0.15, -0.1) is 0 Å². The molecule has 0 radical (unpaired) electrons. The molecule has 3 aromatic rings. The van der Waals surface area contributed by atoms with E-state index in [0.717, 1.165) is 58.1 Å². The van der Waals surface area contributed by atoms with Crippen molar-refractivity contribution in [2.45, 2.75) is 65.2 Å². The minimum atomic E-state index is 0.132. The van der Waals surface area contributed by atoms with E-state index < -0.39 is 0 Å². The number of hydrogen-bond acceptors (Lipinski definition) is 2. The van der Waals surface area contributed by atoms with Gasteiger partial charge in [-0.2, -0.15) is 0 Å². The summed E-state index contributed by atoms with van der Waals surface area (Å²) < 4.78 is 1.01. The van der Waals surface area contributed by atoms with Gasteiger partial charge in [0.2, 0.25) is 0 Å². The summed E-state index contributed by atoms with van der Waals surface area (Å²) in [5, 5.41) is 0.934. The van der Waals surface area contributed by atoms with E-state index in [1.807, 2.05) is 48.5 Å². The molecule has 0 fully saturated rings. The average Bonchev–Trinajstić information content (AvgIpc) is 2.82. The van der Waals surface area contributed by atoms with Gasteiger partial charge in [0.25, 0.3) is 5.91 Å². The van der Waals surface area contributed by atoms with Gasteiger partial charge in [-0.25, -0.2) is 4.98 Å². The molecule has 0 aliphatic heterocycles. The number of fused-ring (bicyclic) bond motifs is 1. The lowest BCUT2D eigenvalue weighted by molar-refractivity contribution is 0.0751. The number of nitrogens with zero attached hydrogens (tertiary/aromatic N) is 2. The monoisotopic (exact) mass is 494 g/mol. The van der Waals surface area contributed by atoms with Crippen LogP contribution in [-0.4, -0.2) is 28.9 Å². The standard InChI is InChI=1S/C28H35BrN2O/c1-3-5-7-11-18-31(19-12-8-6-4-2)28(32)25-21-27(22-14-13-15-23(29)20-22)30-26-17-10-9-16-24(25)26/h9-10,13-17,20-21H,3-8,11-12,18-19H2,1-2H3. The molecule has 3 rings (SSSR count). The van der Waals surface area contributed by atoms with E-state index in [2.05, 4.69) is 40.7 Å². The van der Waals surface area contributed by atoms with Crippen molar-refractivity contribution in [2.24, 2.45) is 0 Å². The van der Waals surface area contributed by atoms with E-state index in [4.69, 9.17) is 4.98 Å². The van der Waals surface area contributed by atoms with Crippen LogP contribution in [0.15, 0.2) is 59.1 Å². The highest BCUT2D eigenvalue weighted by molar-refractivity contribution is 9.10. The molecule has 1 heterocycles. The fourth-order valence-electron chi connectivity index (χ4n) is 4.09. The van der Waals surface area contributed by atoms with Crippen LogP contribution in [0.3, 0.4) is 0 Å². The summed E-state index contributed by atoms with van der Waals surface area (Å²) in [7, 11) is 0. The van der Waals surface area contributed by atoms with Crippen LogP contribution in [0.2, 0.25) is 0 Å². The maximum atomic E-state index is 13.8. The Morgan fingerprint density at radius 2 is 1.53 bits per heavy atom. The molecule has 0 saturated carbocycles. The number of amides is 1. The van der Waals surface area contributed by atoms with Crippen molar-refractivity contribution in [2.75, 3.05) is 13.1 Å². The Morgan fingerprint density at radius 3 is 2.19 bits per heavy atom. The predicted octanol–water partition coefficient (Wildman–Crippen LogP) is 8.27. The fraction of sp³-hybridized carbons (Fsp3) is 0.429. The number of rotatable bonds is 12. The van der Waals surface area contributed by atoms with Gasteiger partial charge in [-0.3, -0.25) is 4.79 Å². The van der Waals surface area contributed by atoms with Gasteiger partial charge in [0.1, 0.15) is 0 Å². The predicted molar refractivity (Wildman–Crippen MR) is 139 cm³/mol. The third-order valence-corrected chi connectivity index (χ3v) is 6.41. The van der Waals surface area contributed by atoms with Gasteiger partial charge in [0.05, 0.1) is 16.8 Å². The van der Waals surface area contributed by atoms with Crippen LogP contribution in [0, 0.1) is 0 Å². The lowest BCUT2D eigenvalue weighted by atomic mass is 10.0. The molecular formula is C28H35BrN2O. The Bertz CT molecular complexity index is 1010. The van der Waals surface area contributed by atoms with Crippen LogP contribution in [0.4, 0.5) is 0 Å². The molecule has 0 aliphatic carbocycles. The van der Waals surface area contributed by atoms with E-state index in [1.54, 1.807) is 0 Å². The maximum Gasteiger partial charge on any atom is 0.254 e. The molecule has 170 valence electrons. The van der Waals surface area contributed by atoms with Crippen LogP contribution >= 0.6 is 15.9 Å². The second-order valence-corrected chi connectivity index (χ2v) is 9.41. The summed E-state index contributed by atoms with van der Waals surface area (Å²) in [5.74, 6) is 0.132. The molecule has 0 atom stereocenters. The van der Waals surface area contributed by atoms with Crippen molar-refractivity contribution >= 4 is 32.7 Å². The van der Waals surface area contributed by atoms with E-state index in [1.165, 1.54) is 38.5 Å². The first-order chi connectivity index (χ1) is 15.6. The third kappa shape index (κ3) is 6.65. The molecule has 1 aromatic heterocycles. The van der Waals surface area contributed by atoms with Crippen molar-refractivity contribution in [1.29, 1.82) is 0 Å². The van der Waals surface area contributed by atoms with E-state index in [9.17, 15) is 4.79 Å². The summed E-state index contributed by atoms with van der Waals surface area (Å²) in [5.41, 5.74) is 3.48. The van der Waals surface area contributed by atoms with Gasteiger partial charge in [0, 0.05) is 28.5 Å². The minimum absolute atomic E-state index is 0.132. The Labute approximate surface area is 201 Å². The second kappa shape index (κ2) is 12.7. The molecule has 32 heavy (non-hydrogen) atoms.